The summed E-state index contributed by atoms with van der Waals surface area (Å²) in [6, 6.07) is 5.58. The van der Waals surface area contributed by atoms with Crippen LogP contribution in [0, 0.1) is 11.6 Å². The van der Waals surface area contributed by atoms with E-state index in [2.05, 4.69) is 0 Å². The fourth-order valence-corrected chi connectivity index (χ4v) is 2.25. The van der Waals surface area contributed by atoms with E-state index in [9.17, 15) is 13.6 Å². The van der Waals surface area contributed by atoms with Gasteiger partial charge in [0.1, 0.15) is 0 Å². The van der Waals surface area contributed by atoms with Crippen molar-refractivity contribution < 1.29 is 13.6 Å². The van der Waals surface area contributed by atoms with Gasteiger partial charge < -0.3 is 0 Å². The lowest BCUT2D eigenvalue weighted by Crippen LogP contribution is -2.05. The average Bonchev–Trinajstić information content (AvgIpc) is 2.82. The Kier molecular flexibility index (Phi) is 3.64. The van der Waals surface area contributed by atoms with E-state index in [0.29, 0.717) is 6.42 Å². The van der Waals surface area contributed by atoms with Crippen LogP contribution < -0.4 is 0 Å². The van der Waals surface area contributed by atoms with Crippen LogP contribution in [0.25, 0.3) is 0 Å². The van der Waals surface area contributed by atoms with Gasteiger partial charge in [0.25, 0.3) is 0 Å². The van der Waals surface area contributed by atoms with Gasteiger partial charge in [0.2, 0.25) is 0 Å². The van der Waals surface area contributed by atoms with Crippen LogP contribution >= 0.6 is 11.3 Å². The summed E-state index contributed by atoms with van der Waals surface area (Å²) in [5.74, 6) is -2.40. The highest BCUT2D eigenvalue weighted by atomic mass is 32.1. The minimum absolute atomic E-state index is 0.166. The molecule has 0 atom stereocenters. The van der Waals surface area contributed by atoms with Gasteiger partial charge in [0, 0.05) is 6.42 Å². The molecule has 1 aromatic carbocycles. The highest BCUT2D eigenvalue weighted by Gasteiger charge is 2.14. The molecule has 88 valence electrons. The summed E-state index contributed by atoms with van der Waals surface area (Å²) in [6.45, 7) is 0. The molecule has 0 unspecified atom stereocenters. The van der Waals surface area contributed by atoms with Gasteiger partial charge in [-0.25, -0.2) is 8.78 Å². The molecule has 0 bridgehead atoms. The van der Waals surface area contributed by atoms with E-state index in [1.807, 2.05) is 16.8 Å². The van der Waals surface area contributed by atoms with Crippen molar-refractivity contribution in [3.63, 3.8) is 0 Å². The third kappa shape index (κ3) is 2.77. The molecular weight excluding hydrogens is 242 g/mol. The zero-order valence-electron chi connectivity index (χ0n) is 8.95. The summed E-state index contributed by atoms with van der Waals surface area (Å²) in [7, 11) is 0. The second kappa shape index (κ2) is 5.19. The molecule has 0 saturated carbocycles. The molecule has 0 saturated heterocycles. The van der Waals surface area contributed by atoms with E-state index in [1.165, 1.54) is 12.1 Å². The molecule has 0 aliphatic carbocycles. The lowest BCUT2D eigenvalue weighted by atomic mass is 10.0. The molecule has 1 nitrogen and oxygen atoms in total. The van der Waals surface area contributed by atoms with Crippen molar-refractivity contribution in [2.24, 2.45) is 0 Å². The molecule has 0 fully saturated rings. The molecule has 0 amide bonds. The maximum Gasteiger partial charge on any atom is 0.169 e. The molecule has 4 heteroatoms. The number of aryl methyl sites for hydroxylation is 1. The number of hydrogen-bond donors (Lipinski definition) is 0. The summed E-state index contributed by atoms with van der Waals surface area (Å²) < 4.78 is 26.3. The number of carbonyl (C=O) groups is 1. The van der Waals surface area contributed by atoms with Crippen LogP contribution in [-0.2, 0) is 6.42 Å². The van der Waals surface area contributed by atoms with Crippen LogP contribution in [0.4, 0.5) is 8.78 Å². The summed E-state index contributed by atoms with van der Waals surface area (Å²) in [6.07, 6.45) is 0.745. The van der Waals surface area contributed by atoms with Crippen LogP contribution in [0.5, 0.6) is 0 Å². The van der Waals surface area contributed by atoms with Crippen molar-refractivity contribution >= 4 is 17.1 Å². The fourth-order valence-electron chi connectivity index (χ4n) is 1.55. The molecular formula is C13H10F2OS. The highest BCUT2D eigenvalue weighted by molar-refractivity contribution is 7.07. The first-order chi connectivity index (χ1) is 8.18. The number of benzene rings is 1. The largest absolute Gasteiger partial charge is 0.294 e. The molecule has 2 aromatic rings. The molecule has 2 rings (SSSR count). The summed E-state index contributed by atoms with van der Waals surface area (Å²) in [4.78, 5) is 11.7. The lowest BCUT2D eigenvalue weighted by molar-refractivity contribution is 0.0978. The maximum absolute atomic E-state index is 13.3. The molecule has 0 N–H and O–H groups in total. The molecule has 1 aromatic heterocycles. The quantitative estimate of drug-likeness (QED) is 0.755. The van der Waals surface area contributed by atoms with Crippen molar-refractivity contribution in [2.45, 2.75) is 12.8 Å². The first-order valence-electron chi connectivity index (χ1n) is 5.17. The van der Waals surface area contributed by atoms with Crippen molar-refractivity contribution in [2.75, 3.05) is 0 Å². The number of rotatable bonds is 4. The molecule has 0 aliphatic heterocycles. The Balaban J connectivity index is 2.07. The number of ketones is 1. The van der Waals surface area contributed by atoms with Gasteiger partial charge in [-0.05, 0) is 40.9 Å². The second-order valence-electron chi connectivity index (χ2n) is 3.66. The van der Waals surface area contributed by atoms with Crippen LogP contribution in [0.1, 0.15) is 22.3 Å². The number of halogens is 2. The third-order valence-electron chi connectivity index (χ3n) is 2.47. The molecule has 1 heterocycles. The van der Waals surface area contributed by atoms with Crippen LogP contribution in [0.15, 0.2) is 35.0 Å². The predicted octanol–water partition coefficient (Wildman–Crippen LogP) is 3.84. The summed E-state index contributed by atoms with van der Waals surface area (Å²) in [5.41, 5.74) is 0.875. The van der Waals surface area contributed by atoms with E-state index in [0.717, 1.165) is 11.6 Å². The average molecular weight is 252 g/mol. The van der Waals surface area contributed by atoms with Crippen LogP contribution in [0.2, 0.25) is 0 Å². The first-order valence-corrected chi connectivity index (χ1v) is 6.11. The second-order valence-corrected chi connectivity index (χ2v) is 4.44. The number of Topliss-reactive ketones (excluding diaryl/α,β-unsaturated/α-hetero) is 1. The van der Waals surface area contributed by atoms with Gasteiger partial charge in [-0.15, -0.1) is 0 Å². The van der Waals surface area contributed by atoms with Crippen molar-refractivity contribution in [1.29, 1.82) is 0 Å². The van der Waals surface area contributed by atoms with Gasteiger partial charge >= 0.3 is 0 Å². The number of carbonyl (C=O) groups excluding carboxylic acids is 1. The fraction of sp³-hybridized carbons (Fsp3) is 0.154. The van der Waals surface area contributed by atoms with Gasteiger partial charge in [0.15, 0.2) is 17.4 Å². The smallest absolute Gasteiger partial charge is 0.169 e. The van der Waals surface area contributed by atoms with E-state index < -0.39 is 11.6 Å². The van der Waals surface area contributed by atoms with Gasteiger partial charge in [-0.1, -0.05) is 6.07 Å². The monoisotopic (exact) mass is 252 g/mol. The normalized spacial score (nSPS) is 10.5. The maximum atomic E-state index is 13.3. The Bertz CT molecular complexity index is 520. The van der Waals surface area contributed by atoms with E-state index >= 15 is 0 Å². The van der Waals surface area contributed by atoms with E-state index in [-0.39, 0.29) is 17.8 Å². The molecule has 17 heavy (non-hydrogen) atoms. The number of hydrogen-bond acceptors (Lipinski definition) is 2. The lowest BCUT2D eigenvalue weighted by Gasteiger charge is -2.02. The third-order valence-corrected chi connectivity index (χ3v) is 3.20. The van der Waals surface area contributed by atoms with Crippen molar-refractivity contribution in [3.8, 4) is 0 Å². The van der Waals surface area contributed by atoms with Gasteiger partial charge in [-0.3, -0.25) is 4.79 Å². The zero-order chi connectivity index (χ0) is 12.3. The number of thiophene rings is 1. The SMILES string of the molecule is O=C(CCc1ccsc1)c1cccc(F)c1F. The van der Waals surface area contributed by atoms with Crippen molar-refractivity contribution in [3.05, 3.63) is 57.8 Å². The molecule has 0 spiro atoms. The Hall–Kier alpha value is -1.55. The van der Waals surface area contributed by atoms with E-state index in [1.54, 1.807) is 11.3 Å². The molecule has 0 radical (unpaired) electrons. The van der Waals surface area contributed by atoms with Crippen LogP contribution in [0.3, 0.4) is 0 Å². The topological polar surface area (TPSA) is 17.1 Å². The summed E-state index contributed by atoms with van der Waals surface area (Å²) >= 11 is 1.55. The van der Waals surface area contributed by atoms with Gasteiger partial charge in [-0.2, -0.15) is 11.3 Å². The Morgan fingerprint density at radius 1 is 1.24 bits per heavy atom. The minimum Gasteiger partial charge on any atom is -0.294 e. The molecule has 0 aliphatic rings. The summed E-state index contributed by atoms with van der Waals surface area (Å²) in [5, 5.41) is 3.86. The van der Waals surface area contributed by atoms with Crippen molar-refractivity contribution in [1.82, 2.24) is 0 Å². The zero-order valence-corrected chi connectivity index (χ0v) is 9.77. The Morgan fingerprint density at radius 2 is 2.06 bits per heavy atom. The Morgan fingerprint density at radius 3 is 2.76 bits per heavy atom. The first kappa shape index (κ1) is 11.9. The van der Waals surface area contributed by atoms with Crippen LogP contribution in [-0.4, -0.2) is 5.78 Å². The Labute approximate surface area is 102 Å². The van der Waals surface area contributed by atoms with E-state index in [4.69, 9.17) is 0 Å². The highest BCUT2D eigenvalue weighted by Crippen LogP contribution is 2.15. The minimum atomic E-state index is -1.05. The van der Waals surface area contributed by atoms with Gasteiger partial charge in [0.05, 0.1) is 5.56 Å². The standard InChI is InChI=1S/C13H10F2OS/c14-11-3-1-2-10(13(11)15)12(16)5-4-9-6-7-17-8-9/h1-3,6-8H,4-5H2. The predicted molar refractivity (Wildman–Crippen MR) is 63.3 cm³/mol.